The maximum atomic E-state index is 6.24. The average molecular weight is 366 g/mol. The van der Waals surface area contributed by atoms with Gasteiger partial charge in [0.05, 0.1) is 22.8 Å². The van der Waals surface area contributed by atoms with Gasteiger partial charge in [-0.15, -0.1) is 0 Å². The van der Waals surface area contributed by atoms with E-state index in [1.54, 1.807) is 12.4 Å². The predicted octanol–water partition coefficient (Wildman–Crippen LogP) is 3.97. The molecule has 4 rings (SSSR count). The van der Waals surface area contributed by atoms with E-state index in [0.29, 0.717) is 29.8 Å². The molecule has 0 N–H and O–H groups in total. The van der Waals surface area contributed by atoms with Crippen molar-refractivity contribution in [3.63, 3.8) is 0 Å². The van der Waals surface area contributed by atoms with Crippen molar-refractivity contribution in [2.45, 2.75) is 13.1 Å². The topological polar surface area (TPSA) is 67.9 Å². The molecule has 0 saturated heterocycles. The second kappa shape index (κ2) is 7.19. The van der Waals surface area contributed by atoms with E-state index in [0.717, 1.165) is 22.2 Å². The minimum absolute atomic E-state index is 0.523. The Morgan fingerprint density at radius 2 is 1.96 bits per heavy atom. The SMILES string of the molecule is CN(Cc1ccc2cccc(Cl)c2n1)Cc1nc(-c2cccnc2)no1. The molecule has 0 spiro atoms. The van der Waals surface area contributed by atoms with Crippen LogP contribution < -0.4 is 0 Å². The molecule has 0 unspecified atom stereocenters. The van der Waals surface area contributed by atoms with Crippen molar-refractivity contribution in [2.24, 2.45) is 0 Å². The van der Waals surface area contributed by atoms with Gasteiger partial charge < -0.3 is 4.52 Å². The lowest BCUT2D eigenvalue weighted by molar-refractivity contribution is 0.259. The van der Waals surface area contributed by atoms with Gasteiger partial charge in [-0.2, -0.15) is 4.98 Å². The summed E-state index contributed by atoms with van der Waals surface area (Å²) in [5.74, 6) is 1.09. The van der Waals surface area contributed by atoms with Crippen LogP contribution in [0.3, 0.4) is 0 Å². The molecule has 0 amide bonds. The third kappa shape index (κ3) is 3.56. The van der Waals surface area contributed by atoms with E-state index in [9.17, 15) is 0 Å². The third-order valence-corrected chi connectivity index (χ3v) is 4.26. The number of aromatic nitrogens is 4. The fourth-order valence-corrected chi connectivity index (χ4v) is 2.96. The first kappa shape index (κ1) is 16.6. The van der Waals surface area contributed by atoms with Gasteiger partial charge in [-0.3, -0.25) is 9.88 Å². The fraction of sp³-hybridized carbons (Fsp3) is 0.158. The molecule has 1 aromatic carbocycles. The molecule has 0 aliphatic carbocycles. The van der Waals surface area contributed by atoms with Crippen LogP contribution in [0.1, 0.15) is 11.6 Å². The van der Waals surface area contributed by atoms with Gasteiger partial charge in [0.1, 0.15) is 0 Å². The number of para-hydroxylation sites is 1. The summed E-state index contributed by atoms with van der Waals surface area (Å²) in [6.45, 7) is 1.17. The molecule has 0 bridgehead atoms. The summed E-state index contributed by atoms with van der Waals surface area (Å²) in [6.07, 6.45) is 3.42. The summed E-state index contributed by atoms with van der Waals surface area (Å²) in [4.78, 5) is 15.2. The molecule has 4 aromatic rings. The lowest BCUT2D eigenvalue weighted by Gasteiger charge is -2.14. The van der Waals surface area contributed by atoms with Gasteiger partial charge in [-0.25, -0.2) is 4.98 Å². The molecule has 3 aromatic heterocycles. The highest BCUT2D eigenvalue weighted by Gasteiger charge is 2.12. The summed E-state index contributed by atoms with van der Waals surface area (Å²) in [6, 6.07) is 13.5. The molecule has 0 saturated carbocycles. The molecule has 0 fully saturated rings. The number of hydrogen-bond donors (Lipinski definition) is 0. The number of nitrogens with zero attached hydrogens (tertiary/aromatic N) is 5. The highest BCUT2D eigenvalue weighted by Crippen LogP contribution is 2.22. The Labute approximate surface area is 155 Å². The van der Waals surface area contributed by atoms with Crippen molar-refractivity contribution in [3.8, 4) is 11.4 Å². The molecule has 3 heterocycles. The molecular formula is C19H16ClN5O. The first-order chi connectivity index (χ1) is 12.7. The number of rotatable bonds is 5. The van der Waals surface area contributed by atoms with Gasteiger partial charge >= 0.3 is 0 Å². The Balaban J connectivity index is 1.47. The van der Waals surface area contributed by atoms with E-state index < -0.39 is 0 Å². The zero-order valence-electron chi connectivity index (χ0n) is 14.1. The van der Waals surface area contributed by atoms with Gasteiger partial charge in [0, 0.05) is 29.9 Å². The van der Waals surface area contributed by atoms with Crippen LogP contribution in [0.4, 0.5) is 0 Å². The molecule has 6 nitrogen and oxygen atoms in total. The molecule has 130 valence electrons. The molecular weight excluding hydrogens is 350 g/mol. The van der Waals surface area contributed by atoms with E-state index in [1.165, 1.54) is 0 Å². The number of halogens is 1. The Morgan fingerprint density at radius 3 is 2.81 bits per heavy atom. The van der Waals surface area contributed by atoms with Crippen molar-refractivity contribution >= 4 is 22.5 Å². The van der Waals surface area contributed by atoms with Crippen LogP contribution in [-0.2, 0) is 13.1 Å². The normalized spacial score (nSPS) is 11.3. The minimum atomic E-state index is 0.523. The number of fused-ring (bicyclic) bond motifs is 1. The first-order valence-electron chi connectivity index (χ1n) is 8.15. The van der Waals surface area contributed by atoms with Crippen LogP contribution in [0, 0.1) is 0 Å². The zero-order chi connectivity index (χ0) is 17.9. The molecule has 0 radical (unpaired) electrons. The van der Waals surface area contributed by atoms with Crippen LogP contribution in [0.2, 0.25) is 5.02 Å². The fourth-order valence-electron chi connectivity index (χ4n) is 2.73. The van der Waals surface area contributed by atoms with Crippen molar-refractivity contribution in [3.05, 3.63) is 71.5 Å². The maximum absolute atomic E-state index is 6.24. The van der Waals surface area contributed by atoms with Crippen molar-refractivity contribution < 1.29 is 4.52 Å². The maximum Gasteiger partial charge on any atom is 0.241 e. The highest BCUT2D eigenvalue weighted by atomic mass is 35.5. The Hall–Kier alpha value is -2.83. The zero-order valence-corrected chi connectivity index (χ0v) is 14.9. The Bertz CT molecular complexity index is 1030. The quantitative estimate of drug-likeness (QED) is 0.533. The minimum Gasteiger partial charge on any atom is -0.338 e. The largest absolute Gasteiger partial charge is 0.338 e. The van der Waals surface area contributed by atoms with Crippen LogP contribution in [-0.4, -0.2) is 32.1 Å². The lowest BCUT2D eigenvalue weighted by atomic mass is 10.2. The number of benzene rings is 1. The van der Waals surface area contributed by atoms with E-state index in [-0.39, 0.29) is 0 Å². The summed E-state index contributed by atoms with van der Waals surface area (Å²) >= 11 is 6.24. The van der Waals surface area contributed by atoms with Gasteiger partial charge in [0.25, 0.3) is 0 Å². The van der Waals surface area contributed by atoms with Gasteiger partial charge in [-0.05, 0) is 31.3 Å². The molecule has 7 heteroatoms. The smallest absolute Gasteiger partial charge is 0.241 e. The third-order valence-electron chi connectivity index (χ3n) is 3.95. The van der Waals surface area contributed by atoms with Gasteiger partial charge in [-0.1, -0.05) is 35.0 Å². The van der Waals surface area contributed by atoms with E-state index in [1.807, 2.05) is 49.5 Å². The van der Waals surface area contributed by atoms with E-state index >= 15 is 0 Å². The monoisotopic (exact) mass is 365 g/mol. The molecule has 26 heavy (non-hydrogen) atoms. The second-order valence-electron chi connectivity index (χ2n) is 6.04. The summed E-state index contributed by atoms with van der Waals surface area (Å²) in [7, 11) is 1.98. The lowest BCUT2D eigenvalue weighted by Crippen LogP contribution is -2.18. The van der Waals surface area contributed by atoms with Crippen LogP contribution >= 0.6 is 11.6 Å². The van der Waals surface area contributed by atoms with Gasteiger partial charge in [0.2, 0.25) is 11.7 Å². The molecule has 0 aliphatic rings. The summed E-state index contributed by atoms with van der Waals surface area (Å²) in [5, 5.41) is 5.70. The second-order valence-corrected chi connectivity index (χ2v) is 6.45. The van der Waals surface area contributed by atoms with Crippen LogP contribution in [0.25, 0.3) is 22.3 Å². The Kier molecular flexibility index (Phi) is 4.60. The first-order valence-corrected chi connectivity index (χ1v) is 8.52. The van der Waals surface area contributed by atoms with E-state index in [2.05, 4.69) is 25.0 Å². The van der Waals surface area contributed by atoms with E-state index in [4.69, 9.17) is 16.1 Å². The Morgan fingerprint density at radius 1 is 1.04 bits per heavy atom. The van der Waals surface area contributed by atoms with Crippen LogP contribution in [0.5, 0.6) is 0 Å². The van der Waals surface area contributed by atoms with Crippen LogP contribution in [0.15, 0.2) is 59.4 Å². The summed E-state index contributed by atoms with van der Waals surface area (Å²) < 4.78 is 5.34. The summed E-state index contributed by atoms with van der Waals surface area (Å²) in [5.41, 5.74) is 2.58. The highest BCUT2D eigenvalue weighted by molar-refractivity contribution is 6.35. The predicted molar refractivity (Wildman–Crippen MR) is 99.5 cm³/mol. The van der Waals surface area contributed by atoms with Crippen molar-refractivity contribution in [1.82, 2.24) is 25.0 Å². The number of hydrogen-bond acceptors (Lipinski definition) is 6. The van der Waals surface area contributed by atoms with Crippen molar-refractivity contribution in [1.29, 1.82) is 0 Å². The average Bonchev–Trinajstić information content (AvgIpc) is 3.11. The van der Waals surface area contributed by atoms with Gasteiger partial charge in [0.15, 0.2) is 0 Å². The molecule has 0 aliphatic heterocycles. The van der Waals surface area contributed by atoms with Crippen molar-refractivity contribution in [2.75, 3.05) is 7.05 Å². The molecule has 0 atom stereocenters. The number of pyridine rings is 2. The standard InChI is InChI=1S/C19H16ClN5O/c1-25(11-15-8-7-13-4-2-6-16(20)18(13)22-15)12-17-23-19(24-26-17)14-5-3-9-21-10-14/h2-10H,11-12H2,1H3.